The molecule has 0 radical (unpaired) electrons. The van der Waals surface area contributed by atoms with E-state index >= 15 is 0 Å². The second-order valence-corrected chi connectivity index (χ2v) is 20.1. The Balaban J connectivity index is 1.36. The van der Waals surface area contributed by atoms with Gasteiger partial charge in [0, 0.05) is 65.3 Å². The number of hydroxylamine groups is 1. The molecule has 0 saturated carbocycles. The van der Waals surface area contributed by atoms with Crippen molar-refractivity contribution < 1.29 is 52.9 Å². The fourth-order valence-electron chi connectivity index (χ4n) is 7.25. The summed E-state index contributed by atoms with van der Waals surface area (Å²) >= 11 is 0. The van der Waals surface area contributed by atoms with Crippen molar-refractivity contribution in [1.82, 2.24) is 35.7 Å². The van der Waals surface area contributed by atoms with Crippen LogP contribution in [0.2, 0.25) is 0 Å². The Bertz CT molecular complexity index is 2100. The van der Waals surface area contributed by atoms with E-state index < -0.39 is 52.8 Å². The summed E-state index contributed by atoms with van der Waals surface area (Å²) in [5.41, 5.74) is 2.78. The lowest BCUT2D eigenvalue weighted by Gasteiger charge is -2.33. The van der Waals surface area contributed by atoms with E-state index in [1.807, 2.05) is 81.4 Å². The van der Waals surface area contributed by atoms with Crippen LogP contribution in [0.15, 0.2) is 66.7 Å². The van der Waals surface area contributed by atoms with E-state index in [0.717, 1.165) is 27.5 Å². The first-order valence-corrected chi connectivity index (χ1v) is 23.2. The molecular formula is C50H73N7O11. The summed E-state index contributed by atoms with van der Waals surface area (Å²) in [5.74, 6) is -2.56. The number of hydrogen-bond donors (Lipinski definition) is 4. The molecule has 1 saturated heterocycles. The zero-order valence-corrected chi connectivity index (χ0v) is 41.4. The topological polar surface area (TPSA) is 209 Å². The highest BCUT2D eigenvalue weighted by Gasteiger charge is 2.27. The molecule has 4 N–H and O–H groups in total. The summed E-state index contributed by atoms with van der Waals surface area (Å²) in [5, 5.41) is 17.4. The van der Waals surface area contributed by atoms with Gasteiger partial charge in [0.15, 0.2) is 0 Å². The van der Waals surface area contributed by atoms with Crippen LogP contribution in [0.1, 0.15) is 79.0 Å². The number of nitrogens with one attached hydrogen (secondary N) is 3. The van der Waals surface area contributed by atoms with Gasteiger partial charge in [-0.25, -0.2) is 10.3 Å². The Morgan fingerprint density at radius 1 is 0.574 bits per heavy atom. The van der Waals surface area contributed by atoms with Gasteiger partial charge in [-0.3, -0.25) is 48.4 Å². The van der Waals surface area contributed by atoms with E-state index in [9.17, 15) is 33.9 Å². The molecule has 3 aromatic rings. The number of carbonyl (C=O) groups excluding carboxylic acids is 5. The molecule has 1 atom stereocenters. The van der Waals surface area contributed by atoms with E-state index in [2.05, 4.69) is 16.1 Å². The zero-order chi connectivity index (χ0) is 50.1. The molecule has 18 nitrogen and oxygen atoms in total. The maximum Gasteiger partial charge on any atom is 0.408 e. The number of aliphatic carboxylic acids is 1. The molecule has 18 heteroatoms. The Morgan fingerprint density at radius 3 is 1.53 bits per heavy atom. The smallest absolute Gasteiger partial charge is 0.408 e. The lowest BCUT2D eigenvalue weighted by atomic mass is 10.0. The molecule has 3 aromatic carbocycles. The monoisotopic (exact) mass is 948 g/mol. The first kappa shape index (κ1) is 54.9. The van der Waals surface area contributed by atoms with E-state index in [1.54, 1.807) is 67.2 Å². The highest BCUT2D eigenvalue weighted by molar-refractivity contribution is 5.86. The summed E-state index contributed by atoms with van der Waals surface area (Å²) in [6.45, 7) is 19.2. The summed E-state index contributed by atoms with van der Waals surface area (Å²) in [6.07, 6.45) is -0.526. The second-order valence-electron chi connectivity index (χ2n) is 20.1. The van der Waals surface area contributed by atoms with E-state index in [4.69, 9.17) is 19.0 Å². The number of hydrogen-bond acceptors (Lipinski definition) is 14. The largest absolute Gasteiger partial charge is 0.480 e. The molecule has 0 bridgehead atoms. The predicted octanol–water partition coefficient (Wildman–Crippen LogP) is 4.13. The van der Waals surface area contributed by atoms with Gasteiger partial charge in [0.05, 0.1) is 32.8 Å². The number of fused-ring (bicyclic) bond motifs is 1. The highest BCUT2D eigenvalue weighted by Crippen LogP contribution is 2.18. The third-order valence-corrected chi connectivity index (χ3v) is 10.4. The van der Waals surface area contributed by atoms with Gasteiger partial charge in [-0.05, 0) is 89.8 Å². The standard InChI is InChI=1S/C50H73N7O11/c1-48(2,3)66-44(61)33-56-24-20-54(21-25-57(34-45(62)67-49(4,5)6)27-23-55(22-26-56)32-43(59)60)31-42(58)51-30-36-14-16-37(17-15-36)35-65-53-46(63)41(52-47(64)68-50(7,8)9)29-38-18-19-39-12-10-11-13-40(39)28-38/h10-19,28,41H,20-27,29-35H2,1-9H3,(H,51,58)(H,52,64)(H,53,63)(H,59,60)/t41-/m1/s1. The van der Waals surface area contributed by atoms with Gasteiger partial charge in [0.2, 0.25) is 5.91 Å². The van der Waals surface area contributed by atoms with Crippen molar-refractivity contribution in [2.24, 2.45) is 0 Å². The summed E-state index contributed by atoms with van der Waals surface area (Å²) in [7, 11) is 0. The second kappa shape index (κ2) is 25.6. The van der Waals surface area contributed by atoms with Crippen molar-refractivity contribution in [2.75, 3.05) is 78.5 Å². The van der Waals surface area contributed by atoms with Crippen LogP contribution < -0.4 is 16.1 Å². The minimum absolute atomic E-state index is 0.00566. The van der Waals surface area contributed by atoms with Crippen molar-refractivity contribution in [3.8, 4) is 0 Å². The van der Waals surface area contributed by atoms with Gasteiger partial charge in [-0.1, -0.05) is 66.7 Å². The van der Waals surface area contributed by atoms with Crippen molar-refractivity contribution in [1.29, 1.82) is 0 Å². The van der Waals surface area contributed by atoms with Gasteiger partial charge in [-0.15, -0.1) is 0 Å². The van der Waals surface area contributed by atoms with Crippen molar-refractivity contribution in [3.63, 3.8) is 0 Å². The summed E-state index contributed by atoms with van der Waals surface area (Å²) in [6, 6.07) is 20.1. The van der Waals surface area contributed by atoms with Crippen molar-refractivity contribution >= 4 is 46.6 Å². The van der Waals surface area contributed by atoms with Crippen LogP contribution in [-0.2, 0) is 62.6 Å². The third kappa shape index (κ3) is 22.0. The molecular weight excluding hydrogens is 875 g/mol. The maximum absolute atomic E-state index is 13.5. The first-order chi connectivity index (χ1) is 31.9. The molecule has 4 rings (SSSR count). The number of carboxylic acids is 1. The van der Waals surface area contributed by atoms with Gasteiger partial charge < -0.3 is 30.0 Å². The molecule has 0 aliphatic carbocycles. The predicted molar refractivity (Wildman–Crippen MR) is 257 cm³/mol. The molecule has 1 fully saturated rings. The van der Waals surface area contributed by atoms with Crippen LogP contribution in [0.5, 0.6) is 0 Å². The van der Waals surface area contributed by atoms with Crippen LogP contribution in [0, 0.1) is 0 Å². The van der Waals surface area contributed by atoms with Crippen LogP contribution in [0.25, 0.3) is 10.8 Å². The average Bonchev–Trinajstić information content (AvgIpc) is 3.21. The number of ether oxygens (including phenoxy) is 3. The molecule has 0 unspecified atom stereocenters. The van der Waals surface area contributed by atoms with Crippen LogP contribution in [-0.4, -0.2) is 162 Å². The van der Waals surface area contributed by atoms with Gasteiger partial charge in [0.1, 0.15) is 22.8 Å². The van der Waals surface area contributed by atoms with Gasteiger partial charge >= 0.3 is 24.0 Å². The quantitative estimate of drug-likeness (QED) is 0.0853. The lowest BCUT2D eigenvalue weighted by Crippen LogP contribution is -2.50. The van der Waals surface area contributed by atoms with Crippen LogP contribution >= 0.6 is 0 Å². The van der Waals surface area contributed by atoms with E-state index in [1.165, 1.54) is 0 Å². The van der Waals surface area contributed by atoms with E-state index in [-0.39, 0.29) is 51.7 Å². The molecule has 68 heavy (non-hydrogen) atoms. The molecule has 374 valence electrons. The van der Waals surface area contributed by atoms with Crippen LogP contribution in [0.4, 0.5) is 4.79 Å². The number of rotatable bonds is 17. The maximum atomic E-state index is 13.5. The number of benzene rings is 3. The fourth-order valence-corrected chi connectivity index (χ4v) is 7.25. The van der Waals surface area contributed by atoms with Crippen LogP contribution in [0.3, 0.4) is 0 Å². The number of alkyl carbamates (subject to hydrolysis) is 1. The lowest BCUT2D eigenvalue weighted by molar-refractivity contribution is -0.157. The number of carboxylic acid groups (broad SMARTS) is 1. The van der Waals surface area contributed by atoms with Crippen molar-refractivity contribution in [2.45, 2.75) is 105 Å². The molecule has 1 aliphatic heterocycles. The zero-order valence-electron chi connectivity index (χ0n) is 41.4. The number of carbonyl (C=O) groups is 6. The summed E-state index contributed by atoms with van der Waals surface area (Å²) in [4.78, 5) is 90.4. The summed E-state index contributed by atoms with van der Waals surface area (Å²) < 4.78 is 16.6. The number of amides is 3. The molecule has 0 aromatic heterocycles. The fraction of sp³-hybridized carbons (Fsp3) is 0.560. The highest BCUT2D eigenvalue weighted by atomic mass is 16.7. The minimum Gasteiger partial charge on any atom is -0.480 e. The Labute approximate surface area is 400 Å². The molecule has 0 spiro atoms. The van der Waals surface area contributed by atoms with Gasteiger partial charge in [-0.2, -0.15) is 0 Å². The Hall–Kier alpha value is -5.66. The Kier molecular flexibility index (Phi) is 20.7. The van der Waals surface area contributed by atoms with Gasteiger partial charge in [0.25, 0.3) is 5.91 Å². The average molecular weight is 948 g/mol. The Morgan fingerprint density at radius 2 is 1.03 bits per heavy atom. The SMILES string of the molecule is CC(C)(C)OC(=O)CN1CCN(CC(=O)O)CCN(CC(=O)OC(C)(C)C)CCN(CC(=O)NCc2ccc(CONC(=O)[C@@H](Cc3ccc4ccccc4c3)NC(=O)OC(C)(C)C)cc2)CC1. The number of nitrogens with zero attached hydrogens (tertiary/aromatic N) is 4. The molecule has 1 heterocycles. The van der Waals surface area contributed by atoms with Crippen molar-refractivity contribution in [3.05, 3.63) is 83.4 Å². The first-order valence-electron chi connectivity index (χ1n) is 23.2. The normalized spacial score (nSPS) is 15.8. The third-order valence-electron chi connectivity index (χ3n) is 10.4. The van der Waals surface area contributed by atoms with E-state index in [0.29, 0.717) is 52.4 Å². The minimum atomic E-state index is -0.984. The number of esters is 2. The molecule has 1 aliphatic rings. The molecule has 3 amide bonds.